The molecule has 15 atom stereocenters. The first kappa shape index (κ1) is 58.0. The van der Waals surface area contributed by atoms with Crippen LogP contribution in [-0.4, -0.2) is 138 Å². The van der Waals surface area contributed by atoms with Gasteiger partial charge in [-0.3, -0.25) is 84.5 Å². The van der Waals surface area contributed by atoms with E-state index in [2.05, 4.69) is 19.9 Å². The predicted molar refractivity (Wildman–Crippen MR) is 253 cm³/mol. The lowest BCUT2D eigenvalue weighted by Gasteiger charge is -2.25. The number of ether oxygens (including phenoxy) is 4. The van der Waals surface area contributed by atoms with Gasteiger partial charge in [-0.15, -0.1) is 0 Å². The molecule has 0 aromatic carbocycles. The van der Waals surface area contributed by atoms with Gasteiger partial charge in [0.1, 0.15) is 67.6 Å². The molecule has 4 aromatic heterocycles. The average Bonchev–Trinajstić information content (AvgIpc) is 4.15. The van der Waals surface area contributed by atoms with Crippen molar-refractivity contribution in [3.8, 4) is 0 Å². The summed E-state index contributed by atoms with van der Waals surface area (Å²) in [6.45, 7) is 1.96. The number of H-pyrrole nitrogens is 4. The molecule has 4 aliphatic rings. The van der Waals surface area contributed by atoms with E-state index in [0.717, 1.165) is 30.7 Å². The topological polar surface area (TPSA) is 464 Å². The molecule has 15 unspecified atom stereocenters. The van der Waals surface area contributed by atoms with E-state index in [1.165, 1.54) is 40.1 Å². The van der Waals surface area contributed by atoms with Gasteiger partial charge >= 0.3 is 46.2 Å². The molecular formula is C40H53N8O26P3. The molecule has 77 heavy (non-hydrogen) atoms. The second-order valence-corrected chi connectivity index (χ2v) is 22.6. The summed E-state index contributed by atoms with van der Waals surface area (Å²) >= 11 is 0. The van der Waals surface area contributed by atoms with Gasteiger partial charge in [0.25, 0.3) is 22.2 Å². The molecule has 4 fully saturated rings. The molecule has 4 saturated heterocycles. The van der Waals surface area contributed by atoms with Gasteiger partial charge in [-0.1, -0.05) is 0 Å². The van der Waals surface area contributed by atoms with Gasteiger partial charge in [0.15, 0.2) is 0 Å². The lowest BCUT2D eigenvalue weighted by molar-refractivity contribution is -0.0640. The number of aromatic amines is 4. The van der Waals surface area contributed by atoms with E-state index < -0.39 is 181 Å². The lowest BCUT2D eigenvalue weighted by Crippen LogP contribution is -2.33. The molecule has 0 saturated carbocycles. The zero-order valence-corrected chi connectivity index (χ0v) is 43.5. The highest BCUT2D eigenvalue weighted by Crippen LogP contribution is 2.53. The maximum atomic E-state index is 13.8. The Bertz CT molecular complexity index is 3510. The van der Waals surface area contributed by atoms with Crippen LogP contribution in [0.1, 0.15) is 72.8 Å². The summed E-state index contributed by atoms with van der Waals surface area (Å²) in [6.07, 6.45) is -14.0. The molecule has 37 heteroatoms. The number of phosphoric ester groups is 3. The monoisotopic (exact) mass is 1150 g/mol. The van der Waals surface area contributed by atoms with E-state index >= 15 is 0 Å². The highest BCUT2D eigenvalue weighted by molar-refractivity contribution is 7.48. The van der Waals surface area contributed by atoms with Crippen LogP contribution in [0.3, 0.4) is 0 Å². The molecule has 4 aromatic rings. The molecule has 9 N–H and O–H groups in total. The molecule has 8 rings (SSSR count). The molecule has 34 nitrogen and oxygen atoms in total. The van der Waals surface area contributed by atoms with Crippen LogP contribution in [0.25, 0.3) is 0 Å². The number of nitrogens with zero attached hydrogens (tertiary/aromatic N) is 4. The number of hydrogen-bond donors (Lipinski definition) is 9. The minimum atomic E-state index is -5.44. The van der Waals surface area contributed by atoms with Gasteiger partial charge in [-0.05, 0) is 27.7 Å². The fourth-order valence-electron chi connectivity index (χ4n) is 8.75. The second kappa shape index (κ2) is 22.9. The van der Waals surface area contributed by atoms with Crippen LogP contribution in [-0.2, 0) is 59.8 Å². The number of phosphoric acid groups is 3. The third-order valence-electron chi connectivity index (χ3n) is 12.8. The first-order valence-corrected chi connectivity index (χ1v) is 27.7. The molecule has 4 aliphatic heterocycles. The van der Waals surface area contributed by atoms with E-state index in [4.69, 9.17) is 46.1 Å². The minimum Gasteiger partial charge on any atom is -0.394 e. The summed E-state index contributed by atoms with van der Waals surface area (Å²) in [4.78, 5) is 140. The average molecular weight is 1150 g/mol. The van der Waals surface area contributed by atoms with Crippen LogP contribution in [0, 0.1) is 27.7 Å². The van der Waals surface area contributed by atoms with Crippen LogP contribution in [0.4, 0.5) is 0 Å². The first-order chi connectivity index (χ1) is 36.1. The first-order valence-electron chi connectivity index (χ1n) is 23.3. The van der Waals surface area contributed by atoms with Crippen LogP contribution < -0.4 is 45.0 Å². The van der Waals surface area contributed by atoms with Gasteiger partial charge in [-0.25, -0.2) is 32.9 Å². The lowest BCUT2D eigenvalue weighted by atomic mass is 10.2. The van der Waals surface area contributed by atoms with Crippen molar-refractivity contribution in [1.82, 2.24) is 38.2 Å². The highest BCUT2D eigenvalue weighted by Gasteiger charge is 2.48. The minimum absolute atomic E-state index is 0.0298. The Kier molecular flexibility index (Phi) is 17.2. The van der Waals surface area contributed by atoms with Crippen molar-refractivity contribution in [2.75, 3.05) is 26.4 Å². The van der Waals surface area contributed by atoms with Crippen molar-refractivity contribution in [3.05, 3.63) is 130 Å². The smallest absolute Gasteiger partial charge is 0.394 e. The fourth-order valence-corrected chi connectivity index (χ4v) is 11.6. The van der Waals surface area contributed by atoms with E-state index in [-0.39, 0.29) is 35.1 Å². The molecule has 0 aliphatic carbocycles. The molecular weight excluding hydrogens is 1100 g/mol. The van der Waals surface area contributed by atoms with Crippen molar-refractivity contribution in [3.63, 3.8) is 0 Å². The number of rotatable bonds is 20. The molecule has 0 spiro atoms. The Morgan fingerprint density at radius 3 is 1.04 bits per heavy atom. The maximum absolute atomic E-state index is 13.8. The summed E-state index contributed by atoms with van der Waals surface area (Å²) < 4.78 is 99.6. The molecule has 8 heterocycles. The van der Waals surface area contributed by atoms with Crippen LogP contribution in [0.5, 0.6) is 0 Å². The zero-order chi connectivity index (χ0) is 56.1. The Balaban J connectivity index is 0.963. The Morgan fingerprint density at radius 1 is 0.468 bits per heavy atom. The van der Waals surface area contributed by atoms with Crippen LogP contribution in [0.15, 0.2) is 63.1 Å². The number of aryl methyl sites for hydroxylation is 4. The van der Waals surface area contributed by atoms with Gasteiger partial charge < -0.3 is 43.8 Å². The standard InChI is InChI=1S/C40H53N8O26P3/c1-17-9-45(37(55)41-33(17)51)29-5-21(50)26(69-29)14-65-75(59,60)73-23-7-31(47-11-19(3)35(53)43-39(47)57)71-28(23)16-67-77(63,64)74-24-8-32(48-12-20(4)36(54)44-40(48)58)70-27(24)15-66-76(61,62)72-22-6-30(68-25(22)13-49)46-10-18(2)34(52)42-38(46)56/h9-12,21-32,49-50H,5-8,13-16H2,1-4H3,(H,59,60)(H,61,62)(H,63,64)(H,41,51,55)(H,42,52,56)(H,43,53,57)(H,44,54,58). The van der Waals surface area contributed by atoms with Gasteiger partial charge in [-0.2, -0.15) is 0 Å². The fraction of sp³-hybridized carbons (Fsp3) is 0.600. The Labute approximate surface area is 429 Å². The van der Waals surface area contributed by atoms with Gasteiger partial charge in [0, 0.05) is 72.7 Å². The third-order valence-corrected chi connectivity index (χ3v) is 15.8. The summed E-state index contributed by atoms with van der Waals surface area (Å²) in [5.74, 6) is 0. The van der Waals surface area contributed by atoms with Crippen LogP contribution >= 0.6 is 23.5 Å². The molecule has 0 radical (unpaired) electrons. The number of aliphatic hydroxyl groups excluding tert-OH is 2. The van der Waals surface area contributed by atoms with Crippen LogP contribution in [0.2, 0.25) is 0 Å². The predicted octanol–water partition coefficient (Wildman–Crippen LogP) is -2.57. The normalized spacial score (nSPS) is 29.8. The molecule has 0 amide bonds. The van der Waals surface area contributed by atoms with Gasteiger partial charge in [0.2, 0.25) is 0 Å². The largest absolute Gasteiger partial charge is 0.472 e. The SMILES string of the molecule is Cc1cn(C2CC(O)C(COP(=O)(O)OC3CC(n4cc(C)c(=O)[nH]c4=O)OC3COP(=O)(O)OC3CC(n4cc(C)c(=O)[nH]c4=O)OC3COP(=O)(O)OC3CC(n4cc(C)c(=O)[nH]c4=O)OC3CO)O2)c(=O)[nH]c1=O. The Hall–Kier alpha value is -5.19. The zero-order valence-electron chi connectivity index (χ0n) is 40.8. The van der Waals surface area contributed by atoms with Crippen molar-refractivity contribution in [1.29, 1.82) is 0 Å². The van der Waals surface area contributed by atoms with Crippen molar-refractivity contribution >= 4 is 23.5 Å². The van der Waals surface area contributed by atoms with Gasteiger partial charge in [0.05, 0.1) is 32.5 Å². The quantitative estimate of drug-likeness (QED) is 0.0411. The third kappa shape index (κ3) is 13.5. The van der Waals surface area contributed by atoms with E-state index in [1.807, 2.05) is 0 Å². The van der Waals surface area contributed by atoms with Crippen molar-refractivity contribution in [2.45, 2.75) is 127 Å². The summed E-state index contributed by atoms with van der Waals surface area (Å²) in [5, 5.41) is 20.7. The maximum Gasteiger partial charge on any atom is 0.472 e. The highest BCUT2D eigenvalue weighted by atomic mass is 31.2. The summed E-state index contributed by atoms with van der Waals surface area (Å²) in [6, 6.07) is 0. The molecule has 424 valence electrons. The van der Waals surface area contributed by atoms with Crippen molar-refractivity contribution < 1.29 is 84.7 Å². The van der Waals surface area contributed by atoms with E-state index in [0.29, 0.717) is 0 Å². The van der Waals surface area contributed by atoms with E-state index in [9.17, 15) is 76.9 Å². The number of nitrogens with one attached hydrogen (secondary N) is 4. The second-order valence-electron chi connectivity index (χ2n) is 18.3. The summed E-state index contributed by atoms with van der Waals surface area (Å²) in [7, 11) is -15.9. The molecule has 0 bridgehead atoms. The number of aromatic nitrogens is 8. The van der Waals surface area contributed by atoms with Crippen molar-refractivity contribution in [2.24, 2.45) is 0 Å². The van der Waals surface area contributed by atoms with E-state index in [1.54, 1.807) is 0 Å². The number of aliphatic hydroxyl groups is 2. The Morgan fingerprint density at radius 2 is 0.727 bits per heavy atom. The number of hydrogen-bond acceptors (Lipinski definition) is 23. The summed E-state index contributed by atoms with van der Waals surface area (Å²) in [5.41, 5.74) is -6.21.